The normalized spacial score (nSPS) is 11.2. The molecule has 1 rings (SSSR count). The Hall–Kier alpha value is -1.52. The Labute approximate surface area is 124 Å². The SMILES string of the molecule is CC(C)OCCN(C)c1ccc(/C=C/C(=O)O)c(Cl)c1. The predicted octanol–water partition coefficient (Wildman–Crippen LogP) is 3.30. The van der Waals surface area contributed by atoms with Crippen molar-refractivity contribution in [3.8, 4) is 0 Å². The minimum Gasteiger partial charge on any atom is -0.478 e. The fourth-order valence-electron chi connectivity index (χ4n) is 1.60. The Morgan fingerprint density at radius 1 is 1.50 bits per heavy atom. The number of anilines is 1. The van der Waals surface area contributed by atoms with Crippen LogP contribution in [0.3, 0.4) is 0 Å². The highest BCUT2D eigenvalue weighted by Gasteiger charge is 2.05. The van der Waals surface area contributed by atoms with Gasteiger partial charge >= 0.3 is 5.97 Å². The van der Waals surface area contributed by atoms with Crippen LogP contribution in [0.5, 0.6) is 0 Å². The molecular weight excluding hydrogens is 278 g/mol. The standard InChI is InChI=1S/C15H20ClNO3/c1-11(2)20-9-8-17(3)13-6-4-12(14(16)10-13)5-7-15(18)19/h4-7,10-11H,8-9H2,1-3H3,(H,18,19)/b7-5+. The summed E-state index contributed by atoms with van der Waals surface area (Å²) in [5.41, 5.74) is 1.65. The molecule has 5 heteroatoms. The average Bonchev–Trinajstić information content (AvgIpc) is 2.36. The number of carboxylic acids is 1. The van der Waals surface area contributed by atoms with E-state index >= 15 is 0 Å². The third-order valence-corrected chi connectivity index (χ3v) is 3.04. The smallest absolute Gasteiger partial charge is 0.328 e. The second kappa shape index (κ2) is 7.92. The topological polar surface area (TPSA) is 49.8 Å². The van der Waals surface area contributed by atoms with E-state index in [-0.39, 0.29) is 6.10 Å². The monoisotopic (exact) mass is 297 g/mol. The number of carboxylic acid groups (broad SMARTS) is 1. The van der Waals surface area contributed by atoms with E-state index in [0.29, 0.717) is 17.2 Å². The van der Waals surface area contributed by atoms with Gasteiger partial charge in [0.25, 0.3) is 0 Å². The Kier molecular flexibility index (Phi) is 6.55. The lowest BCUT2D eigenvalue weighted by molar-refractivity contribution is -0.131. The van der Waals surface area contributed by atoms with Crippen LogP contribution in [0.4, 0.5) is 5.69 Å². The maximum Gasteiger partial charge on any atom is 0.328 e. The van der Waals surface area contributed by atoms with Gasteiger partial charge in [0.1, 0.15) is 0 Å². The third kappa shape index (κ3) is 5.63. The summed E-state index contributed by atoms with van der Waals surface area (Å²) in [7, 11) is 1.96. The van der Waals surface area contributed by atoms with Crippen LogP contribution in [0.1, 0.15) is 19.4 Å². The fourth-order valence-corrected chi connectivity index (χ4v) is 1.84. The summed E-state index contributed by atoms with van der Waals surface area (Å²) < 4.78 is 5.50. The lowest BCUT2D eigenvalue weighted by Gasteiger charge is -2.20. The number of carbonyl (C=O) groups is 1. The summed E-state index contributed by atoms with van der Waals surface area (Å²) in [4.78, 5) is 12.5. The van der Waals surface area contributed by atoms with Crippen LogP contribution >= 0.6 is 11.6 Å². The van der Waals surface area contributed by atoms with Crippen LogP contribution in [0.2, 0.25) is 5.02 Å². The van der Waals surface area contributed by atoms with Crippen molar-refractivity contribution in [1.82, 2.24) is 0 Å². The van der Waals surface area contributed by atoms with E-state index in [2.05, 4.69) is 0 Å². The molecule has 0 aliphatic rings. The first-order valence-electron chi connectivity index (χ1n) is 6.43. The highest BCUT2D eigenvalue weighted by atomic mass is 35.5. The molecule has 0 saturated carbocycles. The molecule has 0 radical (unpaired) electrons. The van der Waals surface area contributed by atoms with Gasteiger partial charge in [0, 0.05) is 30.4 Å². The molecule has 0 saturated heterocycles. The van der Waals surface area contributed by atoms with Gasteiger partial charge in [0.2, 0.25) is 0 Å². The van der Waals surface area contributed by atoms with Gasteiger partial charge in [-0.2, -0.15) is 0 Å². The molecule has 4 nitrogen and oxygen atoms in total. The van der Waals surface area contributed by atoms with Crippen molar-refractivity contribution in [3.63, 3.8) is 0 Å². The summed E-state index contributed by atoms with van der Waals surface area (Å²) in [5, 5.41) is 9.12. The van der Waals surface area contributed by atoms with E-state index in [4.69, 9.17) is 21.4 Å². The summed E-state index contributed by atoms with van der Waals surface area (Å²) in [6.45, 7) is 5.41. The molecule has 0 aliphatic heterocycles. The van der Waals surface area contributed by atoms with Crippen molar-refractivity contribution in [1.29, 1.82) is 0 Å². The molecular formula is C15H20ClNO3. The van der Waals surface area contributed by atoms with Crippen LogP contribution in [0.25, 0.3) is 6.08 Å². The van der Waals surface area contributed by atoms with Gasteiger partial charge < -0.3 is 14.7 Å². The summed E-state index contributed by atoms with van der Waals surface area (Å²) in [5.74, 6) is -0.993. The molecule has 0 atom stereocenters. The van der Waals surface area contributed by atoms with Crippen molar-refractivity contribution in [2.24, 2.45) is 0 Å². The zero-order valence-corrected chi connectivity index (χ0v) is 12.7. The first-order valence-corrected chi connectivity index (χ1v) is 6.81. The largest absolute Gasteiger partial charge is 0.478 e. The Morgan fingerprint density at radius 2 is 2.20 bits per heavy atom. The molecule has 20 heavy (non-hydrogen) atoms. The van der Waals surface area contributed by atoms with Crippen LogP contribution in [-0.2, 0) is 9.53 Å². The molecule has 110 valence electrons. The van der Waals surface area contributed by atoms with Gasteiger partial charge in [-0.1, -0.05) is 17.7 Å². The number of ether oxygens (including phenoxy) is 1. The van der Waals surface area contributed by atoms with Gasteiger partial charge in [-0.05, 0) is 37.6 Å². The van der Waals surface area contributed by atoms with Gasteiger partial charge in [-0.25, -0.2) is 4.79 Å². The molecule has 0 fully saturated rings. The number of hydrogen-bond acceptors (Lipinski definition) is 3. The van der Waals surface area contributed by atoms with Crippen molar-refractivity contribution in [2.45, 2.75) is 20.0 Å². The molecule has 1 N–H and O–H groups in total. The van der Waals surface area contributed by atoms with Crippen molar-refractivity contribution in [2.75, 3.05) is 25.1 Å². The number of likely N-dealkylation sites (N-methyl/N-ethyl adjacent to an activating group) is 1. The van der Waals surface area contributed by atoms with Crippen molar-refractivity contribution in [3.05, 3.63) is 34.9 Å². The molecule has 1 aromatic rings. The summed E-state index contributed by atoms with van der Waals surface area (Å²) in [6, 6.07) is 5.53. The lowest BCUT2D eigenvalue weighted by Crippen LogP contribution is -2.23. The molecule has 0 heterocycles. The number of hydrogen-bond donors (Lipinski definition) is 1. The number of nitrogens with zero attached hydrogens (tertiary/aromatic N) is 1. The Morgan fingerprint density at radius 3 is 2.75 bits per heavy atom. The Balaban J connectivity index is 2.68. The van der Waals surface area contributed by atoms with Gasteiger partial charge in [-0.3, -0.25) is 0 Å². The first kappa shape index (κ1) is 16.5. The first-order chi connectivity index (χ1) is 9.40. The number of aliphatic carboxylic acids is 1. The highest BCUT2D eigenvalue weighted by molar-refractivity contribution is 6.32. The van der Waals surface area contributed by atoms with E-state index in [0.717, 1.165) is 18.3 Å². The van der Waals surface area contributed by atoms with E-state index in [1.807, 2.05) is 37.9 Å². The summed E-state index contributed by atoms with van der Waals surface area (Å²) >= 11 is 6.14. The van der Waals surface area contributed by atoms with Crippen LogP contribution in [0.15, 0.2) is 24.3 Å². The number of rotatable bonds is 7. The minimum absolute atomic E-state index is 0.218. The van der Waals surface area contributed by atoms with Gasteiger partial charge in [-0.15, -0.1) is 0 Å². The fraction of sp³-hybridized carbons (Fsp3) is 0.400. The van der Waals surface area contributed by atoms with Crippen LogP contribution < -0.4 is 4.90 Å². The molecule has 1 aromatic carbocycles. The quantitative estimate of drug-likeness (QED) is 0.785. The van der Waals surface area contributed by atoms with E-state index in [1.54, 1.807) is 6.07 Å². The average molecular weight is 298 g/mol. The second-order valence-corrected chi connectivity index (χ2v) is 5.13. The Bertz CT molecular complexity index is 486. The molecule has 0 aliphatic carbocycles. The van der Waals surface area contributed by atoms with E-state index in [9.17, 15) is 4.79 Å². The predicted molar refractivity (Wildman–Crippen MR) is 82.5 cm³/mol. The number of halogens is 1. The minimum atomic E-state index is -0.993. The van der Waals surface area contributed by atoms with Crippen LogP contribution in [0, 0.1) is 0 Å². The molecule has 0 unspecified atom stereocenters. The van der Waals surface area contributed by atoms with E-state index < -0.39 is 5.97 Å². The second-order valence-electron chi connectivity index (χ2n) is 4.72. The molecule has 0 bridgehead atoms. The summed E-state index contributed by atoms with van der Waals surface area (Å²) in [6.07, 6.45) is 2.77. The van der Waals surface area contributed by atoms with Crippen molar-refractivity contribution >= 4 is 29.3 Å². The highest BCUT2D eigenvalue weighted by Crippen LogP contribution is 2.24. The maximum atomic E-state index is 10.5. The van der Waals surface area contributed by atoms with Crippen molar-refractivity contribution < 1.29 is 14.6 Å². The zero-order valence-electron chi connectivity index (χ0n) is 12.0. The van der Waals surface area contributed by atoms with Gasteiger partial charge in [0.05, 0.1) is 12.7 Å². The van der Waals surface area contributed by atoms with Crippen LogP contribution in [-0.4, -0.2) is 37.4 Å². The van der Waals surface area contributed by atoms with E-state index in [1.165, 1.54) is 6.08 Å². The third-order valence-electron chi connectivity index (χ3n) is 2.71. The number of benzene rings is 1. The zero-order chi connectivity index (χ0) is 15.1. The molecule has 0 amide bonds. The molecule has 0 aromatic heterocycles. The lowest BCUT2D eigenvalue weighted by atomic mass is 10.2. The maximum absolute atomic E-state index is 10.5. The van der Waals surface area contributed by atoms with Gasteiger partial charge in [0.15, 0.2) is 0 Å². The molecule has 0 spiro atoms.